The lowest BCUT2D eigenvalue weighted by Crippen LogP contribution is -1.91. The van der Waals surface area contributed by atoms with Gasteiger partial charge < -0.3 is 0 Å². The summed E-state index contributed by atoms with van der Waals surface area (Å²) in [5.74, 6) is 0.644. The summed E-state index contributed by atoms with van der Waals surface area (Å²) in [6, 6.07) is 0. The average molecular weight is 134 g/mol. The maximum absolute atomic E-state index is 4.00. The second-order valence-corrected chi connectivity index (χ2v) is 3.01. The molecule has 0 aromatic heterocycles. The summed E-state index contributed by atoms with van der Waals surface area (Å²) in [6.45, 7) is 11.7. The summed E-state index contributed by atoms with van der Waals surface area (Å²) >= 11 is 0. The number of hydrogen-bond acceptors (Lipinski definition) is 0. The third kappa shape index (κ3) is 1.38. The molecule has 10 heavy (non-hydrogen) atoms. The molecular formula is C10H14. The lowest BCUT2D eigenvalue weighted by atomic mass is 10.0. The van der Waals surface area contributed by atoms with Crippen molar-refractivity contribution in [2.45, 2.75) is 19.3 Å². The summed E-state index contributed by atoms with van der Waals surface area (Å²) in [6.07, 6.45) is 5.20. The second-order valence-electron chi connectivity index (χ2n) is 3.01. The third-order valence-corrected chi connectivity index (χ3v) is 2.04. The van der Waals surface area contributed by atoms with Crippen LogP contribution in [-0.4, -0.2) is 0 Å². The summed E-state index contributed by atoms with van der Waals surface area (Å²) in [5, 5.41) is 0. The zero-order valence-corrected chi connectivity index (χ0v) is 6.40. The zero-order valence-electron chi connectivity index (χ0n) is 6.40. The van der Waals surface area contributed by atoms with E-state index in [0.717, 1.165) is 19.3 Å². The molecule has 0 aromatic carbocycles. The van der Waals surface area contributed by atoms with Crippen LogP contribution >= 0.6 is 0 Å². The Balaban J connectivity index is 2.54. The summed E-state index contributed by atoms with van der Waals surface area (Å²) < 4.78 is 0. The fourth-order valence-corrected chi connectivity index (χ4v) is 1.48. The van der Waals surface area contributed by atoms with Crippen molar-refractivity contribution in [2.75, 3.05) is 0 Å². The van der Waals surface area contributed by atoms with E-state index < -0.39 is 0 Å². The van der Waals surface area contributed by atoms with E-state index in [0.29, 0.717) is 5.92 Å². The maximum Gasteiger partial charge on any atom is -0.0111 e. The lowest BCUT2D eigenvalue weighted by Gasteiger charge is -2.04. The molecule has 0 aromatic rings. The minimum absolute atomic E-state index is 0.644. The van der Waals surface area contributed by atoms with Gasteiger partial charge in [0.2, 0.25) is 0 Å². The Morgan fingerprint density at radius 2 is 2.20 bits per heavy atom. The summed E-state index contributed by atoms with van der Waals surface area (Å²) in [4.78, 5) is 0. The molecule has 0 radical (unpaired) electrons. The van der Waals surface area contributed by atoms with Crippen molar-refractivity contribution in [1.82, 2.24) is 0 Å². The van der Waals surface area contributed by atoms with E-state index in [2.05, 4.69) is 19.7 Å². The number of hydrogen-bond donors (Lipinski definition) is 0. The Bertz CT molecular complexity index is 174. The standard InChI is InChI=1S/C10H14/c1-4-5-10-7-8(2)6-9(10)3/h4,10H,1-3,5-7H2. The Kier molecular flexibility index (Phi) is 2.10. The predicted molar refractivity (Wildman–Crippen MR) is 45.8 cm³/mol. The predicted octanol–water partition coefficient (Wildman–Crippen LogP) is 3.08. The highest BCUT2D eigenvalue weighted by Gasteiger charge is 2.19. The smallest absolute Gasteiger partial charge is 0.0111 e. The molecule has 1 saturated carbocycles. The van der Waals surface area contributed by atoms with E-state index >= 15 is 0 Å². The monoisotopic (exact) mass is 134 g/mol. The summed E-state index contributed by atoms with van der Waals surface area (Å²) in [7, 11) is 0. The van der Waals surface area contributed by atoms with Gasteiger partial charge in [0.05, 0.1) is 0 Å². The van der Waals surface area contributed by atoms with Crippen LogP contribution in [0.1, 0.15) is 19.3 Å². The largest absolute Gasteiger partial charge is 0.103 e. The Hall–Kier alpha value is -0.780. The van der Waals surface area contributed by atoms with Crippen LogP contribution < -0.4 is 0 Å². The van der Waals surface area contributed by atoms with Gasteiger partial charge in [-0.15, -0.1) is 6.58 Å². The maximum atomic E-state index is 4.00. The van der Waals surface area contributed by atoms with Crippen molar-refractivity contribution in [3.05, 3.63) is 37.0 Å². The van der Waals surface area contributed by atoms with Gasteiger partial charge in [0.1, 0.15) is 0 Å². The Morgan fingerprint density at radius 3 is 2.60 bits per heavy atom. The van der Waals surface area contributed by atoms with Crippen LogP contribution in [0.15, 0.2) is 37.0 Å². The van der Waals surface area contributed by atoms with Crippen molar-refractivity contribution in [3.63, 3.8) is 0 Å². The van der Waals surface area contributed by atoms with Crippen molar-refractivity contribution in [2.24, 2.45) is 5.92 Å². The van der Waals surface area contributed by atoms with Crippen molar-refractivity contribution < 1.29 is 0 Å². The normalized spacial score (nSPS) is 25.4. The molecule has 0 heterocycles. The van der Waals surface area contributed by atoms with E-state index in [4.69, 9.17) is 0 Å². The first-order valence-corrected chi connectivity index (χ1v) is 3.69. The summed E-state index contributed by atoms with van der Waals surface area (Å²) in [5.41, 5.74) is 2.67. The highest BCUT2D eigenvalue weighted by molar-refractivity contribution is 5.22. The molecule has 1 fully saturated rings. The second kappa shape index (κ2) is 2.87. The fourth-order valence-electron chi connectivity index (χ4n) is 1.48. The molecule has 0 amide bonds. The van der Waals surface area contributed by atoms with Gasteiger partial charge in [-0.3, -0.25) is 0 Å². The highest BCUT2D eigenvalue weighted by atomic mass is 14.2. The fraction of sp³-hybridized carbons (Fsp3) is 0.400. The topological polar surface area (TPSA) is 0 Å². The average Bonchev–Trinajstić information content (AvgIpc) is 2.13. The molecule has 1 aliphatic carbocycles. The molecule has 0 nitrogen and oxygen atoms in total. The minimum atomic E-state index is 0.644. The van der Waals surface area contributed by atoms with E-state index in [1.165, 1.54) is 11.1 Å². The van der Waals surface area contributed by atoms with Crippen LogP contribution in [0.5, 0.6) is 0 Å². The van der Waals surface area contributed by atoms with Crippen molar-refractivity contribution >= 4 is 0 Å². The van der Waals surface area contributed by atoms with Crippen molar-refractivity contribution in [1.29, 1.82) is 0 Å². The molecule has 1 atom stereocenters. The van der Waals surface area contributed by atoms with Crippen LogP contribution in [0.3, 0.4) is 0 Å². The molecule has 54 valence electrons. The molecule has 1 unspecified atom stereocenters. The third-order valence-electron chi connectivity index (χ3n) is 2.04. The van der Waals surface area contributed by atoms with Gasteiger partial charge in [0, 0.05) is 0 Å². The molecule has 0 N–H and O–H groups in total. The van der Waals surface area contributed by atoms with Gasteiger partial charge >= 0.3 is 0 Å². The van der Waals surface area contributed by atoms with Crippen LogP contribution in [0.2, 0.25) is 0 Å². The van der Waals surface area contributed by atoms with Gasteiger partial charge in [0.15, 0.2) is 0 Å². The molecule has 0 spiro atoms. The SMILES string of the molecule is C=CCC1CC(=C)CC1=C. The Morgan fingerprint density at radius 1 is 1.50 bits per heavy atom. The van der Waals surface area contributed by atoms with Crippen molar-refractivity contribution in [3.8, 4) is 0 Å². The van der Waals surface area contributed by atoms with E-state index in [-0.39, 0.29) is 0 Å². The molecular weight excluding hydrogens is 120 g/mol. The Labute approximate surface area is 62.9 Å². The lowest BCUT2D eigenvalue weighted by molar-refractivity contribution is 0.672. The van der Waals surface area contributed by atoms with Crippen LogP contribution in [-0.2, 0) is 0 Å². The minimum Gasteiger partial charge on any atom is -0.103 e. The van der Waals surface area contributed by atoms with Gasteiger partial charge in [-0.25, -0.2) is 0 Å². The van der Waals surface area contributed by atoms with Gasteiger partial charge in [-0.1, -0.05) is 30.4 Å². The van der Waals surface area contributed by atoms with E-state index in [1.54, 1.807) is 0 Å². The molecule has 0 heteroatoms. The molecule has 1 rings (SSSR count). The molecule has 0 saturated heterocycles. The highest BCUT2D eigenvalue weighted by Crippen LogP contribution is 2.35. The first-order valence-electron chi connectivity index (χ1n) is 3.69. The number of allylic oxidation sites excluding steroid dienone is 3. The molecule has 0 aliphatic heterocycles. The van der Waals surface area contributed by atoms with E-state index in [1.807, 2.05) is 6.08 Å². The van der Waals surface area contributed by atoms with Crippen LogP contribution in [0.25, 0.3) is 0 Å². The van der Waals surface area contributed by atoms with Crippen LogP contribution in [0.4, 0.5) is 0 Å². The van der Waals surface area contributed by atoms with Gasteiger partial charge in [-0.05, 0) is 25.2 Å². The number of rotatable bonds is 2. The van der Waals surface area contributed by atoms with Gasteiger partial charge in [0.25, 0.3) is 0 Å². The zero-order chi connectivity index (χ0) is 7.56. The first-order chi connectivity index (χ1) is 4.74. The van der Waals surface area contributed by atoms with Gasteiger partial charge in [-0.2, -0.15) is 0 Å². The molecule has 0 bridgehead atoms. The van der Waals surface area contributed by atoms with Crippen LogP contribution in [0, 0.1) is 5.92 Å². The molecule has 1 aliphatic rings. The quantitative estimate of drug-likeness (QED) is 0.509. The van der Waals surface area contributed by atoms with E-state index in [9.17, 15) is 0 Å². The first kappa shape index (κ1) is 7.33.